The number of aryl methyl sites for hydroxylation is 1. The van der Waals surface area contributed by atoms with Crippen molar-refractivity contribution in [3.05, 3.63) is 62.0 Å². The Bertz CT molecular complexity index is 945. The van der Waals surface area contributed by atoms with E-state index in [9.17, 15) is 14.5 Å². The lowest BCUT2D eigenvalue weighted by atomic mass is 10.1. The first-order valence-corrected chi connectivity index (χ1v) is 12.7. The molecule has 0 aliphatic heterocycles. The first kappa shape index (κ1) is 32.0. The number of allylic oxidation sites excluding steroid dienone is 1. The number of hydrogen-bond acceptors (Lipinski definition) is 7. The number of anilines is 1. The van der Waals surface area contributed by atoms with Gasteiger partial charge in [0.05, 0.1) is 12.0 Å². The monoisotopic (exact) mass is 509 g/mol. The Labute approximate surface area is 212 Å². The maximum atomic E-state index is 13.3. The minimum atomic E-state index is -0.810. The van der Waals surface area contributed by atoms with Crippen molar-refractivity contribution in [3.8, 4) is 0 Å². The van der Waals surface area contributed by atoms with Crippen LogP contribution in [0.2, 0.25) is 0 Å². The topological polar surface area (TPSA) is 102 Å². The standard InChI is InChI=1S/C14H18FN3O3.C9H16N2S.C2H6/c1-3-12(8-9-21-18(19)20)11(2)16-10-17-14-7-5-4-6-13(14)15;1-5-10-9-11-7(4)8(12-9)6(2)3;1-2/h4-7,10H,3,8-9H2,1-2H3,(H,16,17);6H,5H2,1-4H3,(H,10,11);1-2H3/b12-11+;;. The van der Waals surface area contributed by atoms with Crippen LogP contribution in [-0.4, -0.2) is 29.6 Å². The van der Waals surface area contributed by atoms with E-state index in [1.807, 2.05) is 27.7 Å². The molecule has 8 nitrogen and oxygen atoms in total. The second-order valence-electron chi connectivity index (χ2n) is 7.40. The number of para-hydroxylation sites is 1. The van der Waals surface area contributed by atoms with Gasteiger partial charge in [-0.15, -0.1) is 21.5 Å². The molecule has 0 spiro atoms. The van der Waals surface area contributed by atoms with E-state index in [4.69, 9.17) is 0 Å². The summed E-state index contributed by atoms with van der Waals surface area (Å²) in [5.41, 5.74) is 3.22. The quantitative estimate of drug-likeness (QED) is 0.142. The zero-order valence-corrected chi connectivity index (χ0v) is 23.0. The van der Waals surface area contributed by atoms with Crippen LogP contribution < -0.4 is 10.6 Å². The highest BCUT2D eigenvalue weighted by atomic mass is 32.1. The fourth-order valence-electron chi connectivity index (χ4n) is 2.90. The molecule has 0 atom stereocenters. The molecular weight excluding hydrogens is 469 g/mol. The van der Waals surface area contributed by atoms with Crippen LogP contribution in [0, 0.1) is 22.9 Å². The molecule has 0 saturated heterocycles. The number of hydrogen-bond donors (Lipinski definition) is 2. The van der Waals surface area contributed by atoms with E-state index in [1.54, 1.807) is 29.5 Å². The molecule has 0 amide bonds. The van der Waals surface area contributed by atoms with Crippen molar-refractivity contribution in [1.82, 2.24) is 10.3 Å². The van der Waals surface area contributed by atoms with Gasteiger partial charge in [-0.2, -0.15) is 0 Å². The summed E-state index contributed by atoms with van der Waals surface area (Å²) < 4.78 is 13.3. The van der Waals surface area contributed by atoms with Crippen molar-refractivity contribution >= 4 is 28.5 Å². The van der Waals surface area contributed by atoms with E-state index < -0.39 is 10.9 Å². The Morgan fingerprint density at radius 2 is 1.97 bits per heavy atom. The summed E-state index contributed by atoms with van der Waals surface area (Å²) in [6, 6.07) is 6.20. The van der Waals surface area contributed by atoms with Gasteiger partial charge < -0.3 is 15.5 Å². The minimum Gasteiger partial charge on any atom is -0.362 e. The predicted octanol–water partition coefficient (Wildman–Crippen LogP) is 7.39. The van der Waals surface area contributed by atoms with Crippen LogP contribution in [0.15, 0.2) is 40.5 Å². The van der Waals surface area contributed by atoms with E-state index in [0.29, 0.717) is 12.3 Å². The summed E-state index contributed by atoms with van der Waals surface area (Å²) in [6.07, 6.45) is 2.58. The van der Waals surface area contributed by atoms with Crippen LogP contribution in [0.4, 0.5) is 15.2 Å². The van der Waals surface area contributed by atoms with Gasteiger partial charge in [0.2, 0.25) is 0 Å². The number of benzene rings is 1. The molecule has 0 radical (unpaired) electrons. The number of nitrogens with one attached hydrogen (secondary N) is 2. The number of rotatable bonds is 11. The predicted molar refractivity (Wildman–Crippen MR) is 145 cm³/mol. The summed E-state index contributed by atoms with van der Waals surface area (Å²) in [5.74, 6) is 0.196. The molecule has 1 aromatic carbocycles. The van der Waals surface area contributed by atoms with Crippen molar-refractivity contribution < 1.29 is 14.3 Å². The summed E-state index contributed by atoms with van der Waals surface area (Å²) in [4.78, 5) is 24.2. The maximum Gasteiger partial charge on any atom is 0.294 e. The fraction of sp³-hybridized carbons (Fsp3) is 0.520. The Kier molecular flexibility index (Phi) is 16.8. The highest BCUT2D eigenvalue weighted by molar-refractivity contribution is 7.15. The summed E-state index contributed by atoms with van der Waals surface area (Å²) in [6.45, 7) is 17.3. The molecule has 1 heterocycles. The molecule has 2 rings (SSSR count). The molecule has 1 aromatic heterocycles. The van der Waals surface area contributed by atoms with E-state index in [1.165, 1.54) is 23.0 Å². The number of aliphatic imine (C=N–C) groups is 1. The number of halogens is 1. The molecule has 0 bridgehead atoms. The summed E-state index contributed by atoms with van der Waals surface area (Å²) in [7, 11) is 0. The molecule has 0 aliphatic rings. The number of aromatic nitrogens is 1. The van der Waals surface area contributed by atoms with Gasteiger partial charge >= 0.3 is 0 Å². The fourth-order valence-corrected chi connectivity index (χ4v) is 3.94. The lowest BCUT2D eigenvalue weighted by Crippen LogP contribution is -2.12. The van der Waals surface area contributed by atoms with Crippen LogP contribution in [0.5, 0.6) is 0 Å². The third kappa shape index (κ3) is 12.9. The zero-order valence-electron chi connectivity index (χ0n) is 22.1. The third-order valence-corrected chi connectivity index (χ3v) is 6.00. The average Bonchev–Trinajstić information content (AvgIpc) is 3.20. The molecule has 0 aliphatic carbocycles. The van der Waals surface area contributed by atoms with E-state index in [2.05, 4.69) is 53.1 Å². The summed E-state index contributed by atoms with van der Waals surface area (Å²) in [5, 5.41) is 16.5. The van der Waals surface area contributed by atoms with Gasteiger partial charge in [-0.3, -0.25) is 0 Å². The van der Waals surface area contributed by atoms with Crippen molar-refractivity contribution in [2.75, 3.05) is 18.5 Å². The number of nitrogens with zero attached hydrogens (tertiary/aromatic N) is 3. The second-order valence-corrected chi connectivity index (χ2v) is 8.43. The molecule has 35 heavy (non-hydrogen) atoms. The Hall–Kier alpha value is -3.01. The van der Waals surface area contributed by atoms with Crippen molar-refractivity contribution in [2.24, 2.45) is 4.99 Å². The summed E-state index contributed by atoms with van der Waals surface area (Å²) >= 11 is 1.77. The van der Waals surface area contributed by atoms with Crippen molar-refractivity contribution in [3.63, 3.8) is 0 Å². The molecule has 10 heteroatoms. The van der Waals surface area contributed by atoms with Crippen molar-refractivity contribution in [2.45, 2.75) is 74.1 Å². The molecule has 0 fully saturated rings. The van der Waals surface area contributed by atoms with E-state index >= 15 is 0 Å². The van der Waals surface area contributed by atoms with E-state index in [-0.39, 0.29) is 12.3 Å². The highest BCUT2D eigenvalue weighted by Gasteiger charge is 2.09. The molecule has 0 saturated carbocycles. The van der Waals surface area contributed by atoms with Gasteiger partial charge in [0, 0.05) is 17.1 Å². The van der Waals surface area contributed by atoms with Crippen molar-refractivity contribution in [1.29, 1.82) is 0 Å². The van der Waals surface area contributed by atoms with Gasteiger partial charge in [0.25, 0.3) is 5.09 Å². The van der Waals surface area contributed by atoms with Crippen LogP contribution >= 0.6 is 11.3 Å². The Morgan fingerprint density at radius 1 is 1.31 bits per heavy atom. The Morgan fingerprint density at radius 3 is 2.49 bits per heavy atom. The normalized spacial score (nSPS) is 11.1. The largest absolute Gasteiger partial charge is 0.362 e. The average molecular weight is 510 g/mol. The molecule has 0 unspecified atom stereocenters. The smallest absolute Gasteiger partial charge is 0.294 e. The van der Waals surface area contributed by atoms with Crippen LogP contribution in [-0.2, 0) is 4.84 Å². The second kappa shape index (κ2) is 18.3. The maximum absolute atomic E-state index is 13.3. The highest BCUT2D eigenvalue weighted by Crippen LogP contribution is 2.28. The zero-order chi connectivity index (χ0) is 26.8. The SMILES string of the molecule is CC.CC/C(CCO[N+](=O)[O-])=C(/C)NC=Nc1ccccc1F.CCNc1nc(C)c(C(C)C)s1. The van der Waals surface area contributed by atoms with Gasteiger partial charge in [0.15, 0.2) is 5.13 Å². The van der Waals surface area contributed by atoms with Gasteiger partial charge in [-0.1, -0.05) is 46.8 Å². The molecular formula is C25H40FN5O3S. The molecule has 196 valence electrons. The van der Waals surface area contributed by atoms with Crippen LogP contribution in [0.25, 0.3) is 0 Å². The van der Waals surface area contributed by atoms with E-state index in [0.717, 1.165) is 29.4 Å². The van der Waals surface area contributed by atoms with Gasteiger partial charge in [0.1, 0.15) is 18.1 Å². The third-order valence-electron chi connectivity index (χ3n) is 4.58. The number of thiazole rings is 1. The minimum absolute atomic E-state index is 0.0135. The molecule has 2 aromatic rings. The van der Waals surface area contributed by atoms with Gasteiger partial charge in [-0.25, -0.2) is 14.4 Å². The lowest BCUT2D eigenvalue weighted by Gasteiger charge is -2.09. The van der Waals surface area contributed by atoms with Gasteiger partial charge in [-0.05, 0) is 57.2 Å². The van der Waals surface area contributed by atoms with Crippen LogP contribution in [0.1, 0.15) is 77.8 Å². The van der Waals surface area contributed by atoms with Crippen LogP contribution in [0.3, 0.4) is 0 Å². The first-order chi connectivity index (χ1) is 16.7. The Balaban J connectivity index is 0.000000698. The molecule has 2 N–H and O–H groups in total. The first-order valence-electron chi connectivity index (χ1n) is 11.9. The lowest BCUT2D eigenvalue weighted by molar-refractivity contribution is -0.757.